The number of aliphatic hydroxyl groups is 1. The van der Waals surface area contributed by atoms with E-state index in [4.69, 9.17) is 0 Å². The van der Waals surface area contributed by atoms with E-state index < -0.39 is 28.7 Å². The predicted molar refractivity (Wildman–Crippen MR) is 170 cm³/mol. The zero-order valence-electron chi connectivity index (χ0n) is 25.6. The monoisotopic (exact) mass is 594 g/mol. The molecule has 8 nitrogen and oxygen atoms in total. The Hall–Kier alpha value is -2.78. The number of rotatable bonds is 10. The lowest BCUT2D eigenvalue weighted by atomic mass is 9.78. The summed E-state index contributed by atoms with van der Waals surface area (Å²) >= 11 is 1.60. The summed E-state index contributed by atoms with van der Waals surface area (Å²) in [5.74, 6) is -1.58. The number of carbonyl (C=O) groups is 3. The molecular formula is C33H46N4O4S. The van der Waals surface area contributed by atoms with Gasteiger partial charge < -0.3 is 24.7 Å². The lowest BCUT2D eigenvalue weighted by Gasteiger charge is -2.40. The van der Waals surface area contributed by atoms with Crippen molar-refractivity contribution in [1.29, 1.82) is 0 Å². The second kappa shape index (κ2) is 12.4. The first-order chi connectivity index (χ1) is 20.3. The number of nitrogens with zero attached hydrogens (tertiary/aromatic N) is 4. The zero-order valence-corrected chi connectivity index (χ0v) is 26.4. The van der Waals surface area contributed by atoms with Crippen molar-refractivity contribution in [3.05, 3.63) is 48.6 Å². The predicted octanol–water partition coefficient (Wildman–Crippen LogP) is 3.95. The minimum Gasteiger partial charge on any atom is -0.394 e. The summed E-state index contributed by atoms with van der Waals surface area (Å²) < 4.78 is -0.893. The number of amides is 3. The number of hydrogen-bond donors (Lipinski definition) is 1. The maximum atomic E-state index is 14.8. The number of likely N-dealkylation sites (tertiary alicyclic amines) is 1. The molecule has 1 spiro atoms. The van der Waals surface area contributed by atoms with Crippen LogP contribution in [0.15, 0.2) is 48.6 Å². The first kappa shape index (κ1) is 30.7. The summed E-state index contributed by atoms with van der Waals surface area (Å²) in [5.41, 5.74) is 1.88. The van der Waals surface area contributed by atoms with Gasteiger partial charge in [-0.05, 0) is 50.5 Å². The van der Waals surface area contributed by atoms with Crippen LogP contribution in [0.25, 0.3) is 0 Å². The fraction of sp³-hybridized carbons (Fsp3) is 0.606. The van der Waals surface area contributed by atoms with Crippen molar-refractivity contribution in [2.24, 2.45) is 17.8 Å². The quantitative estimate of drug-likeness (QED) is 0.413. The molecule has 1 N–H and O–H groups in total. The molecule has 5 rings (SSSR count). The first-order valence-corrected chi connectivity index (χ1v) is 16.6. The van der Waals surface area contributed by atoms with E-state index in [1.165, 1.54) is 0 Å². The molecule has 0 aliphatic carbocycles. The van der Waals surface area contributed by atoms with Crippen LogP contribution >= 0.6 is 11.8 Å². The highest BCUT2D eigenvalue weighted by molar-refractivity contribution is 8.02. The first-order valence-electron chi connectivity index (χ1n) is 15.7. The van der Waals surface area contributed by atoms with Crippen molar-refractivity contribution >= 4 is 40.9 Å². The number of thioether (sulfide) groups is 1. The average molecular weight is 595 g/mol. The summed E-state index contributed by atoms with van der Waals surface area (Å²) in [6.07, 6.45) is 9.78. The van der Waals surface area contributed by atoms with Crippen LogP contribution in [0.1, 0.15) is 47.5 Å². The second-order valence-corrected chi connectivity index (χ2v) is 13.5. The molecule has 1 aromatic rings. The molecule has 4 aliphatic heterocycles. The van der Waals surface area contributed by atoms with E-state index in [9.17, 15) is 19.5 Å². The van der Waals surface area contributed by atoms with E-state index in [1.54, 1.807) is 21.6 Å². The van der Waals surface area contributed by atoms with Gasteiger partial charge in [-0.3, -0.25) is 14.4 Å². The lowest BCUT2D eigenvalue weighted by Crippen LogP contribution is -2.58. The SMILES string of the molecule is CCCN1CC=C[C@H]2S[C@]34C=CCN(c5ccc(N(CC)CC)cc5)C(=O)C3N([C@@H](CO)[C@@H](C)CC)C(=O)[C@@H]4[C@H]2C1=O. The zero-order chi connectivity index (χ0) is 30.2. The molecule has 4 aliphatic rings. The Kier molecular flexibility index (Phi) is 9.09. The third-order valence-electron chi connectivity index (χ3n) is 9.81. The van der Waals surface area contributed by atoms with Crippen molar-refractivity contribution in [3.63, 3.8) is 0 Å². The summed E-state index contributed by atoms with van der Waals surface area (Å²) in [5, 5.41) is 10.4. The maximum absolute atomic E-state index is 14.8. The van der Waals surface area contributed by atoms with Crippen LogP contribution in [0.4, 0.5) is 11.4 Å². The Morgan fingerprint density at radius 2 is 1.71 bits per heavy atom. The Bertz CT molecular complexity index is 1230. The van der Waals surface area contributed by atoms with Gasteiger partial charge in [0, 0.05) is 49.3 Å². The summed E-state index contributed by atoms with van der Waals surface area (Å²) in [7, 11) is 0. The fourth-order valence-corrected chi connectivity index (χ4v) is 9.43. The summed E-state index contributed by atoms with van der Waals surface area (Å²) in [6, 6.07) is 6.72. The normalized spacial score (nSPS) is 30.1. The van der Waals surface area contributed by atoms with Gasteiger partial charge in [0.05, 0.1) is 29.2 Å². The van der Waals surface area contributed by atoms with E-state index in [-0.39, 0.29) is 35.5 Å². The second-order valence-electron chi connectivity index (χ2n) is 12.0. The van der Waals surface area contributed by atoms with E-state index in [0.29, 0.717) is 19.6 Å². The van der Waals surface area contributed by atoms with Gasteiger partial charge in [-0.15, -0.1) is 11.8 Å². The van der Waals surface area contributed by atoms with Crippen molar-refractivity contribution in [3.8, 4) is 0 Å². The number of benzene rings is 1. The number of hydrogen-bond acceptors (Lipinski definition) is 6. The lowest BCUT2D eigenvalue weighted by molar-refractivity contribution is -0.145. The highest BCUT2D eigenvalue weighted by atomic mass is 32.2. The molecule has 0 aromatic heterocycles. The van der Waals surface area contributed by atoms with E-state index in [1.807, 2.05) is 55.2 Å². The molecule has 9 heteroatoms. The fourth-order valence-electron chi connectivity index (χ4n) is 7.44. The van der Waals surface area contributed by atoms with Crippen LogP contribution in [0, 0.1) is 17.8 Å². The van der Waals surface area contributed by atoms with Crippen molar-refractivity contribution in [2.75, 3.05) is 49.1 Å². The Morgan fingerprint density at radius 1 is 1.00 bits per heavy atom. The highest BCUT2D eigenvalue weighted by Gasteiger charge is 2.72. The topological polar surface area (TPSA) is 84.4 Å². The molecule has 0 radical (unpaired) electrons. The molecule has 0 bridgehead atoms. The van der Waals surface area contributed by atoms with Gasteiger partial charge in [0.1, 0.15) is 6.04 Å². The van der Waals surface area contributed by atoms with Crippen molar-refractivity contribution in [1.82, 2.24) is 9.80 Å². The van der Waals surface area contributed by atoms with Crippen LogP contribution in [-0.4, -0.2) is 94.0 Å². The van der Waals surface area contributed by atoms with Gasteiger partial charge in [0.2, 0.25) is 11.8 Å². The molecule has 7 atom stereocenters. The molecule has 2 saturated heterocycles. The minimum absolute atomic E-state index is 0.00629. The van der Waals surface area contributed by atoms with Crippen LogP contribution in [0.3, 0.4) is 0 Å². The van der Waals surface area contributed by atoms with Gasteiger partial charge >= 0.3 is 0 Å². The molecule has 4 heterocycles. The van der Waals surface area contributed by atoms with Gasteiger partial charge in [-0.1, -0.05) is 51.5 Å². The van der Waals surface area contributed by atoms with Gasteiger partial charge in [0.15, 0.2) is 0 Å². The van der Waals surface area contributed by atoms with Crippen molar-refractivity contribution < 1.29 is 19.5 Å². The Balaban J connectivity index is 1.60. The highest BCUT2D eigenvalue weighted by Crippen LogP contribution is 2.61. The summed E-state index contributed by atoms with van der Waals surface area (Å²) in [6.45, 7) is 13.5. The van der Waals surface area contributed by atoms with Crippen LogP contribution in [-0.2, 0) is 14.4 Å². The Morgan fingerprint density at radius 3 is 2.33 bits per heavy atom. The number of anilines is 2. The van der Waals surface area contributed by atoms with E-state index >= 15 is 0 Å². The van der Waals surface area contributed by atoms with Crippen LogP contribution < -0.4 is 9.80 Å². The third-order valence-corrected chi connectivity index (χ3v) is 11.6. The van der Waals surface area contributed by atoms with Crippen LogP contribution in [0.2, 0.25) is 0 Å². The molecule has 1 unspecified atom stereocenters. The Labute approximate surface area is 254 Å². The third kappa shape index (κ3) is 4.86. The van der Waals surface area contributed by atoms with E-state index in [0.717, 1.165) is 37.3 Å². The number of fused-ring (bicyclic) bond motifs is 2. The number of aliphatic hydroxyl groups excluding tert-OH is 1. The standard InChI is InChI=1S/C33H46N4O4S/c1-6-18-35-19-10-12-26-27(30(35)39)28-31(40)37(25(21-38)22(5)7-2)29-32(41)36(20-11-17-33(28,29)42-26)24-15-13-23(14-16-24)34(8-3)9-4/h10-17,22,25-29,38H,6-9,18-21H2,1-5H3/t22-,25-,26+,27-,28-,29?,33-/m0/s1. The summed E-state index contributed by atoms with van der Waals surface area (Å²) in [4.78, 5) is 51.0. The molecule has 42 heavy (non-hydrogen) atoms. The van der Waals surface area contributed by atoms with E-state index in [2.05, 4.69) is 37.8 Å². The number of carbonyl (C=O) groups excluding carboxylic acids is 3. The largest absolute Gasteiger partial charge is 0.394 e. The van der Waals surface area contributed by atoms with Crippen LogP contribution in [0.5, 0.6) is 0 Å². The molecule has 0 saturated carbocycles. The molecule has 1 aromatic carbocycles. The van der Waals surface area contributed by atoms with Crippen molar-refractivity contribution in [2.45, 2.75) is 69.5 Å². The smallest absolute Gasteiger partial charge is 0.251 e. The van der Waals surface area contributed by atoms with Gasteiger partial charge in [-0.2, -0.15) is 0 Å². The molecule has 2 fully saturated rings. The minimum atomic E-state index is -0.893. The molecular weight excluding hydrogens is 548 g/mol. The van der Waals surface area contributed by atoms with Gasteiger partial charge in [0.25, 0.3) is 5.91 Å². The average Bonchev–Trinajstić information content (AvgIpc) is 3.32. The maximum Gasteiger partial charge on any atom is 0.251 e. The molecule has 3 amide bonds. The molecule has 228 valence electrons. The van der Waals surface area contributed by atoms with Gasteiger partial charge in [-0.25, -0.2) is 0 Å².